The molecule has 0 amide bonds. The van der Waals surface area contributed by atoms with Crippen LogP contribution < -0.4 is 10.6 Å². The third kappa shape index (κ3) is 2.65. The quantitative estimate of drug-likeness (QED) is 0.624. The average molecular weight is 319 g/mol. The van der Waals surface area contributed by atoms with Gasteiger partial charge in [-0.1, -0.05) is 24.3 Å². The molecule has 24 heavy (non-hydrogen) atoms. The van der Waals surface area contributed by atoms with Gasteiger partial charge in [-0.05, 0) is 31.2 Å². The number of benzene rings is 2. The van der Waals surface area contributed by atoms with Gasteiger partial charge in [0.25, 0.3) is 0 Å². The Bertz CT molecular complexity index is 865. The van der Waals surface area contributed by atoms with E-state index >= 15 is 0 Å². The molecule has 0 unspecified atom stereocenters. The van der Waals surface area contributed by atoms with E-state index in [1.165, 1.54) is 6.21 Å². The minimum atomic E-state index is 0.842. The van der Waals surface area contributed by atoms with Gasteiger partial charge >= 0.3 is 0 Å². The second kappa shape index (κ2) is 6.58. The first kappa shape index (κ1) is 15.8. The van der Waals surface area contributed by atoms with Crippen molar-refractivity contribution in [3.63, 3.8) is 0 Å². The third-order valence-electron chi connectivity index (χ3n) is 4.11. The van der Waals surface area contributed by atoms with Crippen LogP contribution in [0.2, 0.25) is 0 Å². The zero-order chi connectivity index (χ0) is 17.1. The molecule has 2 aromatic carbocycles. The third-order valence-corrected chi connectivity index (χ3v) is 4.11. The van der Waals surface area contributed by atoms with Crippen LogP contribution in [0.15, 0.2) is 48.5 Å². The van der Waals surface area contributed by atoms with Gasteiger partial charge < -0.3 is 16.0 Å². The van der Waals surface area contributed by atoms with Crippen LogP contribution in [0.3, 0.4) is 0 Å². The monoisotopic (exact) mass is 319 g/mol. The van der Waals surface area contributed by atoms with Crippen molar-refractivity contribution in [1.29, 1.82) is 5.41 Å². The zero-order valence-corrected chi connectivity index (χ0v) is 14.1. The van der Waals surface area contributed by atoms with E-state index in [1.807, 2.05) is 67.3 Å². The first-order chi connectivity index (χ1) is 11.7. The van der Waals surface area contributed by atoms with Crippen molar-refractivity contribution < 1.29 is 0 Å². The summed E-state index contributed by atoms with van der Waals surface area (Å²) in [6.07, 6.45) is 1.36. The highest BCUT2D eigenvalue weighted by Crippen LogP contribution is 2.31. The molecule has 0 saturated heterocycles. The van der Waals surface area contributed by atoms with E-state index in [0.717, 1.165) is 39.6 Å². The predicted octanol–water partition coefficient (Wildman–Crippen LogP) is 3.93. The Morgan fingerprint density at radius 1 is 1.04 bits per heavy atom. The Balaban J connectivity index is 2.16. The standard InChI is InChI=1S/C19H21N5/c1-13-18(14-9-10-17(21-2)15(11-14)12-20)23-24(19(13)22-3)16-7-5-4-6-8-16/h4-12,20-22H,1-3H3. The molecule has 3 aromatic rings. The number of aromatic nitrogens is 2. The second-order valence-corrected chi connectivity index (χ2v) is 5.52. The molecule has 0 atom stereocenters. The van der Waals surface area contributed by atoms with Crippen LogP contribution >= 0.6 is 0 Å². The van der Waals surface area contributed by atoms with Gasteiger partial charge in [0.05, 0.1) is 11.4 Å². The maximum atomic E-state index is 7.62. The second-order valence-electron chi connectivity index (χ2n) is 5.52. The lowest BCUT2D eigenvalue weighted by Crippen LogP contribution is -2.02. The van der Waals surface area contributed by atoms with Gasteiger partial charge in [0, 0.05) is 42.7 Å². The van der Waals surface area contributed by atoms with Crippen LogP contribution in [0, 0.1) is 12.3 Å². The first-order valence-electron chi connectivity index (χ1n) is 7.85. The van der Waals surface area contributed by atoms with Gasteiger partial charge in [0.2, 0.25) is 0 Å². The highest BCUT2D eigenvalue weighted by Gasteiger charge is 2.16. The molecule has 1 aromatic heterocycles. The summed E-state index contributed by atoms with van der Waals surface area (Å²) in [5, 5.41) is 18.8. The maximum Gasteiger partial charge on any atom is 0.133 e. The number of hydrogen-bond donors (Lipinski definition) is 3. The smallest absolute Gasteiger partial charge is 0.133 e. The molecule has 3 N–H and O–H groups in total. The highest BCUT2D eigenvalue weighted by molar-refractivity contribution is 5.88. The largest absolute Gasteiger partial charge is 0.388 e. The van der Waals surface area contributed by atoms with E-state index in [2.05, 4.69) is 17.6 Å². The molecule has 1 heterocycles. The van der Waals surface area contributed by atoms with Crippen molar-refractivity contribution in [1.82, 2.24) is 9.78 Å². The van der Waals surface area contributed by atoms with Crippen molar-refractivity contribution in [3.8, 4) is 16.9 Å². The van der Waals surface area contributed by atoms with Crippen LogP contribution in [0.4, 0.5) is 11.5 Å². The number of rotatable bonds is 5. The average Bonchev–Trinajstić information content (AvgIpc) is 2.98. The summed E-state index contributed by atoms with van der Waals surface area (Å²) in [4.78, 5) is 0. The van der Waals surface area contributed by atoms with Gasteiger partial charge in [-0.2, -0.15) is 5.10 Å². The number of anilines is 2. The summed E-state index contributed by atoms with van der Waals surface area (Å²) in [5.74, 6) is 0.963. The summed E-state index contributed by atoms with van der Waals surface area (Å²) in [6.45, 7) is 2.06. The molecular formula is C19H21N5. The first-order valence-corrected chi connectivity index (χ1v) is 7.85. The molecule has 3 rings (SSSR count). The minimum Gasteiger partial charge on any atom is -0.388 e. The summed E-state index contributed by atoms with van der Waals surface area (Å²) in [5.41, 5.74) is 5.77. The number of nitrogens with zero attached hydrogens (tertiary/aromatic N) is 2. The molecule has 0 saturated carbocycles. The van der Waals surface area contributed by atoms with Gasteiger partial charge in [-0.15, -0.1) is 0 Å². The number of nitrogens with one attached hydrogen (secondary N) is 3. The van der Waals surface area contributed by atoms with Crippen molar-refractivity contribution >= 4 is 17.7 Å². The number of hydrogen-bond acceptors (Lipinski definition) is 4. The van der Waals surface area contributed by atoms with Crippen LogP contribution in [-0.4, -0.2) is 30.1 Å². The maximum absolute atomic E-state index is 7.62. The van der Waals surface area contributed by atoms with E-state index in [4.69, 9.17) is 10.5 Å². The van der Waals surface area contributed by atoms with Crippen LogP contribution in [0.25, 0.3) is 16.9 Å². The topological polar surface area (TPSA) is 65.7 Å². The van der Waals surface area contributed by atoms with Crippen LogP contribution in [0.1, 0.15) is 11.1 Å². The fourth-order valence-electron chi connectivity index (χ4n) is 2.88. The Kier molecular flexibility index (Phi) is 4.33. The fourth-order valence-corrected chi connectivity index (χ4v) is 2.88. The van der Waals surface area contributed by atoms with E-state index in [-0.39, 0.29) is 0 Å². The Morgan fingerprint density at radius 3 is 2.42 bits per heavy atom. The van der Waals surface area contributed by atoms with Gasteiger partial charge in [0.1, 0.15) is 5.82 Å². The number of para-hydroxylation sites is 1. The molecule has 0 fully saturated rings. The molecule has 5 heteroatoms. The molecule has 0 radical (unpaired) electrons. The molecule has 5 nitrogen and oxygen atoms in total. The van der Waals surface area contributed by atoms with E-state index in [0.29, 0.717) is 0 Å². The van der Waals surface area contributed by atoms with E-state index in [1.54, 1.807) is 0 Å². The molecule has 0 aliphatic heterocycles. The lowest BCUT2D eigenvalue weighted by molar-refractivity contribution is 0.889. The van der Waals surface area contributed by atoms with Gasteiger partial charge in [0.15, 0.2) is 0 Å². The van der Waals surface area contributed by atoms with Crippen LogP contribution in [-0.2, 0) is 0 Å². The Labute approximate surface area is 141 Å². The molecule has 0 bridgehead atoms. The van der Waals surface area contributed by atoms with E-state index in [9.17, 15) is 0 Å². The molecule has 0 spiro atoms. The summed E-state index contributed by atoms with van der Waals surface area (Å²) < 4.78 is 1.92. The SMILES string of the molecule is CNc1ccc(-c2nn(-c3ccccc3)c(NC)c2C)cc1C=N. The van der Waals surface area contributed by atoms with Crippen molar-refractivity contribution in [2.24, 2.45) is 0 Å². The molecular weight excluding hydrogens is 298 g/mol. The van der Waals surface area contributed by atoms with Crippen LogP contribution in [0.5, 0.6) is 0 Å². The lowest BCUT2D eigenvalue weighted by Gasteiger charge is -2.07. The van der Waals surface area contributed by atoms with Gasteiger partial charge in [-0.3, -0.25) is 0 Å². The molecule has 0 aliphatic carbocycles. The van der Waals surface area contributed by atoms with Crippen molar-refractivity contribution in [2.75, 3.05) is 24.7 Å². The van der Waals surface area contributed by atoms with Gasteiger partial charge in [-0.25, -0.2) is 4.68 Å². The predicted molar refractivity (Wildman–Crippen MR) is 101 cm³/mol. The molecule has 122 valence electrons. The van der Waals surface area contributed by atoms with E-state index < -0.39 is 0 Å². The lowest BCUT2D eigenvalue weighted by atomic mass is 10.0. The van der Waals surface area contributed by atoms with Crippen molar-refractivity contribution in [2.45, 2.75) is 6.92 Å². The molecule has 0 aliphatic rings. The zero-order valence-electron chi connectivity index (χ0n) is 14.1. The summed E-state index contributed by atoms with van der Waals surface area (Å²) >= 11 is 0. The minimum absolute atomic E-state index is 0.842. The summed E-state index contributed by atoms with van der Waals surface area (Å²) in [7, 11) is 3.76. The fraction of sp³-hybridized carbons (Fsp3) is 0.158. The highest BCUT2D eigenvalue weighted by atomic mass is 15.3. The summed E-state index contributed by atoms with van der Waals surface area (Å²) in [6, 6.07) is 16.1. The van der Waals surface area contributed by atoms with Crippen molar-refractivity contribution in [3.05, 3.63) is 59.7 Å². The Morgan fingerprint density at radius 2 is 1.79 bits per heavy atom. The normalized spacial score (nSPS) is 10.5. The Hall–Kier alpha value is -3.08.